The van der Waals surface area contributed by atoms with Crippen LogP contribution in [-0.4, -0.2) is 88.5 Å². The average Bonchev–Trinajstić information content (AvgIpc) is 2.42. The molecule has 1 rings (SSSR count). The predicted octanol–water partition coefficient (Wildman–Crippen LogP) is -0.210. The van der Waals surface area contributed by atoms with Crippen LogP contribution in [0.4, 0.5) is 0 Å². The first-order chi connectivity index (χ1) is 9.54. The van der Waals surface area contributed by atoms with E-state index in [1.807, 2.05) is 21.0 Å². The minimum atomic E-state index is -0.105. The Morgan fingerprint density at radius 3 is 2.95 bits per heavy atom. The molecule has 0 spiro atoms. The van der Waals surface area contributed by atoms with Gasteiger partial charge < -0.3 is 19.7 Å². The summed E-state index contributed by atoms with van der Waals surface area (Å²) in [5, 5.41) is 2.96. The molecule has 1 heterocycles. The highest BCUT2D eigenvalue weighted by Crippen LogP contribution is 2.10. The van der Waals surface area contributed by atoms with Crippen molar-refractivity contribution in [2.75, 3.05) is 60.6 Å². The highest BCUT2D eigenvalue weighted by molar-refractivity contribution is 5.81. The number of rotatable bonds is 8. The number of morpholine rings is 1. The third-order valence-corrected chi connectivity index (χ3v) is 3.49. The van der Waals surface area contributed by atoms with Gasteiger partial charge in [-0.15, -0.1) is 0 Å². The van der Waals surface area contributed by atoms with Crippen LogP contribution in [-0.2, 0) is 14.3 Å². The fraction of sp³-hybridized carbons (Fsp3) is 0.929. The molecule has 6 heteroatoms. The molecular weight excluding hydrogens is 258 g/mol. The highest BCUT2D eigenvalue weighted by Gasteiger charge is 2.27. The van der Waals surface area contributed by atoms with Gasteiger partial charge in [0.05, 0.1) is 18.8 Å². The molecule has 0 aromatic heterocycles. The second-order valence-electron chi connectivity index (χ2n) is 5.56. The zero-order valence-corrected chi connectivity index (χ0v) is 13.2. The van der Waals surface area contributed by atoms with Crippen LogP contribution in [0.5, 0.6) is 0 Å². The van der Waals surface area contributed by atoms with Crippen molar-refractivity contribution < 1.29 is 14.3 Å². The number of carbonyl (C=O) groups is 1. The zero-order chi connectivity index (χ0) is 15.0. The Morgan fingerprint density at radius 2 is 2.30 bits per heavy atom. The third kappa shape index (κ3) is 6.17. The number of methoxy groups -OCH3 is 1. The Labute approximate surface area is 122 Å². The summed E-state index contributed by atoms with van der Waals surface area (Å²) in [7, 11) is 5.74. The Hall–Kier alpha value is -0.690. The van der Waals surface area contributed by atoms with Gasteiger partial charge in [0.1, 0.15) is 0 Å². The third-order valence-electron chi connectivity index (χ3n) is 3.49. The van der Waals surface area contributed by atoms with E-state index in [9.17, 15) is 4.79 Å². The van der Waals surface area contributed by atoms with Gasteiger partial charge in [-0.1, -0.05) is 0 Å². The molecule has 1 aliphatic heterocycles. The van der Waals surface area contributed by atoms with Gasteiger partial charge in [0.15, 0.2) is 0 Å². The molecule has 1 N–H and O–H groups in total. The maximum absolute atomic E-state index is 12.1. The van der Waals surface area contributed by atoms with Crippen molar-refractivity contribution in [2.45, 2.75) is 25.5 Å². The van der Waals surface area contributed by atoms with Gasteiger partial charge in [0, 0.05) is 39.9 Å². The van der Waals surface area contributed by atoms with Gasteiger partial charge in [0.2, 0.25) is 5.91 Å². The Balaban J connectivity index is 2.33. The topological polar surface area (TPSA) is 54.0 Å². The molecule has 118 valence electrons. The lowest BCUT2D eigenvalue weighted by Gasteiger charge is -2.37. The molecule has 0 saturated carbocycles. The Kier molecular flexibility index (Phi) is 8.06. The molecule has 20 heavy (non-hydrogen) atoms. The summed E-state index contributed by atoms with van der Waals surface area (Å²) in [6.07, 6.45) is 1.03. The molecule has 1 amide bonds. The SMILES string of the molecule is COCCCNC(=O)[C@H](C)N1CCO[C@H](CN(C)C)C1. The van der Waals surface area contributed by atoms with Gasteiger partial charge >= 0.3 is 0 Å². The Bertz CT molecular complexity index is 287. The van der Waals surface area contributed by atoms with Gasteiger partial charge in [-0.2, -0.15) is 0 Å². The van der Waals surface area contributed by atoms with Gasteiger partial charge in [0.25, 0.3) is 0 Å². The van der Waals surface area contributed by atoms with Crippen molar-refractivity contribution in [1.82, 2.24) is 15.1 Å². The summed E-state index contributed by atoms with van der Waals surface area (Å²) in [6, 6.07) is -0.105. The summed E-state index contributed by atoms with van der Waals surface area (Å²) in [6.45, 7) is 6.52. The number of nitrogens with one attached hydrogen (secondary N) is 1. The smallest absolute Gasteiger partial charge is 0.237 e. The lowest BCUT2D eigenvalue weighted by molar-refractivity contribution is -0.129. The van der Waals surface area contributed by atoms with Crippen LogP contribution in [0.15, 0.2) is 0 Å². The van der Waals surface area contributed by atoms with E-state index in [0.717, 1.165) is 26.1 Å². The van der Waals surface area contributed by atoms with Crippen LogP contribution >= 0.6 is 0 Å². The zero-order valence-electron chi connectivity index (χ0n) is 13.2. The molecule has 0 aliphatic carbocycles. The fourth-order valence-corrected chi connectivity index (χ4v) is 2.35. The molecule has 2 atom stereocenters. The molecule has 0 unspecified atom stereocenters. The first-order valence-electron chi connectivity index (χ1n) is 7.31. The first kappa shape index (κ1) is 17.4. The summed E-state index contributed by atoms with van der Waals surface area (Å²) in [5.41, 5.74) is 0. The number of ether oxygens (including phenoxy) is 2. The van der Waals surface area contributed by atoms with Crippen molar-refractivity contribution >= 4 is 5.91 Å². The first-order valence-corrected chi connectivity index (χ1v) is 7.31. The number of hydrogen-bond donors (Lipinski definition) is 1. The monoisotopic (exact) mass is 287 g/mol. The minimum Gasteiger partial charge on any atom is -0.385 e. The fourth-order valence-electron chi connectivity index (χ4n) is 2.35. The molecule has 0 aromatic carbocycles. The molecule has 0 radical (unpaired) electrons. The van der Waals surface area contributed by atoms with Crippen molar-refractivity contribution in [3.8, 4) is 0 Å². The van der Waals surface area contributed by atoms with E-state index < -0.39 is 0 Å². The van der Waals surface area contributed by atoms with E-state index in [1.165, 1.54) is 0 Å². The van der Waals surface area contributed by atoms with E-state index in [1.54, 1.807) is 7.11 Å². The lowest BCUT2D eigenvalue weighted by atomic mass is 10.2. The standard InChI is InChI=1S/C14H29N3O3/c1-12(14(18)15-6-5-8-19-4)17-7-9-20-13(11-17)10-16(2)3/h12-13H,5-11H2,1-4H3,(H,15,18)/t12-,13+/m0/s1. The quantitative estimate of drug-likeness (QED) is 0.626. The predicted molar refractivity (Wildman–Crippen MR) is 78.8 cm³/mol. The van der Waals surface area contributed by atoms with Crippen molar-refractivity contribution in [2.24, 2.45) is 0 Å². The molecule has 1 saturated heterocycles. The molecule has 0 bridgehead atoms. The minimum absolute atomic E-state index is 0.0895. The van der Waals surface area contributed by atoms with Crippen LogP contribution in [0.1, 0.15) is 13.3 Å². The average molecular weight is 287 g/mol. The maximum atomic E-state index is 12.1. The number of carbonyl (C=O) groups excluding carboxylic acids is 1. The van der Waals surface area contributed by atoms with E-state index in [-0.39, 0.29) is 18.1 Å². The van der Waals surface area contributed by atoms with E-state index in [2.05, 4.69) is 15.1 Å². The van der Waals surface area contributed by atoms with Gasteiger partial charge in [-0.05, 0) is 27.4 Å². The number of amides is 1. The summed E-state index contributed by atoms with van der Waals surface area (Å²) >= 11 is 0. The van der Waals surface area contributed by atoms with Crippen LogP contribution in [0, 0.1) is 0 Å². The van der Waals surface area contributed by atoms with Crippen molar-refractivity contribution in [3.63, 3.8) is 0 Å². The molecule has 1 aliphatic rings. The second kappa shape index (κ2) is 9.28. The highest BCUT2D eigenvalue weighted by atomic mass is 16.5. The van der Waals surface area contributed by atoms with Gasteiger partial charge in [-0.3, -0.25) is 9.69 Å². The second-order valence-corrected chi connectivity index (χ2v) is 5.56. The largest absolute Gasteiger partial charge is 0.385 e. The van der Waals surface area contributed by atoms with Crippen LogP contribution in [0.3, 0.4) is 0 Å². The molecule has 6 nitrogen and oxygen atoms in total. The van der Waals surface area contributed by atoms with E-state index in [4.69, 9.17) is 9.47 Å². The maximum Gasteiger partial charge on any atom is 0.237 e. The molecular formula is C14H29N3O3. The number of hydrogen-bond acceptors (Lipinski definition) is 5. The lowest BCUT2D eigenvalue weighted by Crippen LogP contribution is -2.54. The van der Waals surface area contributed by atoms with Crippen LogP contribution in [0.2, 0.25) is 0 Å². The van der Waals surface area contributed by atoms with Gasteiger partial charge in [-0.25, -0.2) is 0 Å². The van der Waals surface area contributed by atoms with Crippen molar-refractivity contribution in [1.29, 1.82) is 0 Å². The number of nitrogens with zero attached hydrogens (tertiary/aromatic N) is 2. The van der Waals surface area contributed by atoms with Crippen LogP contribution < -0.4 is 5.32 Å². The molecule has 0 aromatic rings. The summed E-state index contributed by atoms with van der Waals surface area (Å²) < 4.78 is 10.7. The van der Waals surface area contributed by atoms with E-state index >= 15 is 0 Å². The van der Waals surface area contributed by atoms with Crippen LogP contribution in [0.25, 0.3) is 0 Å². The van der Waals surface area contributed by atoms with E-state index in [0.29, 0.717) is 19.8 Å². The number of likely N-dealkylation sites (N-methyl/N-ethyl adjacent to an activating group) is 1. The summed E-state index contributed by atoms with van der Waals surface area (Å²) in [4.78, 5) is 16.4. The summed E-state index contributed by atoms with van der Waals surface area (Å²) in [5.74, 6) is 0.0895. The van der Waals surface area contributed by atoms with Crippen molar-refractivity contribution in [3.05, 3.63) is 0 Å². The Morgan fingerprint density at radius 1 is 1.55 bits per heavy atom. The molecule has 1 fully saturated rings. The normalized spacial score (nSPS) is 21.9.